The van der Waals surface area contributed by atoms with E-state index in [9.17, 15) is 9.59 Å². The van der Waals surface area contributed by atoms with Crippen LogP contribution in [0.1, 0.15) is 32.6 Å². The van der Waals surface area contributed by atoms with Crippen LogP contribution >= 0.6 is 0 Å². The lowest BCUT2D eigenvalue weighted by Gasteiger charge is -2.29. The van der Waals surface area contributed by atoms with Gasteiger partial charge in [0.25, 0.3) is 11.8 Å². The van der Waals surface area contributed by atoms with E-state index in [1.54, 1.807) is 12.4 Å². The van der Waals surface area contributed by atoms with Crippen molar-refractivity contribution >= 4 is 11.8 Å². The zero-order valence-corrected chi connectivity index (χ0v) is 10.8. The van der Waals surface area contributed by atoms with E-state index in [1.807, 2.05) is 0 Å². The SMILES string of the molecule is CNC(=O)C[NH2+]CC(=O)N[C@@H]1CCCC[C@@H]1C. The van der Waals surface area contributed by atoms with E-state index in [2.05, 4.69) is 17.6 Å². The Morgan fingerprint density at radius 3 is 2.47 bits per heavy atom. The summed E-state index contributed by atoms with van der Waals surface area (Å²) in [5.74, 6) is 0.558. The van der Waals surface area contributed by atoms with Crippen LogP contribution in [-0.4, -0.2) is 38.0 Å². The Bertz CT molecular complexity index is 268. The quantitative estimate of drug-likeness (QED) is 0.578. The molecule has 0 aromatic carbocycles. The van der Waals surface area contributed by atoms with Crippen LogP contribution in [0.4, 0.5) is 0 Å². The number of nitrogens with two attached hydrogens (primary N) is 1. The van der Waals surface area contributed by atoms with Gasteiger partial charge in [-0.3, -0.25) is 9.59 Å². The topological polar surface area (TPSA) is 74.8 Å². The normalized spacial score (nSPS) is 24.1. The molecule has 0 heterocycles. The molecule has 0 radical (unpaired) electrons. The van der Waals surface area contributed by atoms with E-state index in [1.165, 1.54) is 19.3 Å². The first-order valence-electron chi connectivity index (χ1n) is 6.45. The highest BCUT2D eigenvalue weighted by molar-refractivity contribution is 5.78. The predicted molar refractivity (Wildman–Crippen MR) is 65.3 cm³/mol. The third kappa shape index (κ3) is 5.17. The van der Waals surface area contributed by atoms with Crippen molar-refractivity contribution in [2.75, 3.05) is 20.1 Å². The predicted octanol–water partition coefficient (Wildman–Crippen LogP) is -1.01. The second kappa shape index (κ2) is 7.27. The number of carbonyl (C=O) groups is 2. The third-order valence-corrected chi connectivity index (χ3v) is 3.40. The van der Waals surface area contributed by atoms with Gasteiger partial charge in [0, 0.05) is 13.1 Å². The molecule has 1 aliphatic rings. The lowest BCUT2D eigenvalue weighted by atomic mass is 9.86. The van der Waals surface area contributed by atoms with Gasteiger partial charge in [-0.1, -0.05) is 19.8 Å². The smallest absolute Gasteiger partial charge is 0.275 e. The maximum absolute atomic E-state index is 11.7. The van der Waals surface area contributed by atoms with E-state index in [0.29, 0.717) is 25.0 Å². The first-order chi connectivity index (χ1) is 8.13. The molecule has 17 heavy (non-hydrogen) atoms. The number of hydrogen-bond donors (Lipinski definition) is 3. The summed E-state index contributed by atoms with van der Waals surface area (Å²) in [4.78, 5) is 22.6. The summed E-state index contributed by atoms with van der Waals surface area (Å²) in [5, 5.41) is 7.31. The van der Waals surface area contributed by atoms with Crippen LogP contribution in [0.3, 0.4) is 0 Å². The van der Waals surface area contributed by atoms with Crippen molar-refractivity contribution in [3.63, 3.8) is 0 Å². The van der Waals surface area contributed by atoms with Crippen LogP contribution in [0.15, 0.2) is 0 Å². The first kappa shape index (κ1) is 14.0. The van der Waals surface area contributed by atoms with Gasteiger partial charge in [0.15, 0.2) is 13.1 Å². The number of quaternary nitrogens is 1. The Labute approximate surface area is 103 Å². The molecule has 0 unspecified atom stereocenters. The molecular weight excluding hydrogens is 218 g/mol. The number of likely N-dealkylation sites (N-methyl/N-ethyl adjacent to an activating group) is 1. The summed E-state index contributed by atoms with van der Waals surface area (Å²) in [7, 11) is 1.60. The van der Waals surface area contributed by atoms with Gasteiger partial charge in [0.2, 0.25) is 0 Å². The fourth-order valence-electron chi connectivity index (χ4n) is 2.23. The van der Waals surface area contributed by atoms with Gasteiger partial charge >= 0.3 is 0 Å². The Kier molecular flexibility index (Phi) is 5.97. The van der Waals surface area contributed by atoms with Gasteiger partial charge in [-0.25, -0.2) is 0 Å². The highest BCUT2D eigenvalue weighted by atomic mass is 16.2. The van der Waals surface area contributed by atoms with Crippen LogP contribution in [-0.2, 0) is 9.59 Å². The van der Waals surface area contributed by atoms with Crippen molar-refractivity contribution in [1.29, 1.82) is 0 Å². The molecule has 0 spiro atoms. The lowest BCUT2D eigenvalue weighted by molar-refractivity contribution is -0.633. The molecule has 0 aromatic heterocycles. The summed E-state index contributed by atoms with van der Waals surface area (Å²) < 4.78 is 0. The molecule has 98 valence electrons. The Balaban J connectivity index is 2.17. The van der Waals surface area contributed by atoms with Crippen molar-refractivity contribution in [2.45, 2.75) is 38.6 Å². The summed E-state index contributed by atoms with van der Waals surface area (Å²) >= 11 is 0. The number of carbonyl (C=O) groups excluding carboxylic acids is 2. The molecule has 1 saturated carbocycles. The average molecular weight is 242 g/mol. The molecule has 0 aromatic rings. The lowest BCUT2D eigenvalue weighted by Crippen LogP contribution is -2.88. The molecule has 1 aliphatic carbocycles. The number of hydrogen-bond acceptors (Lipinski definition) is 2. The maximum atomic E-state index is 11.7. The van der Waals surface area contributed by atoms with Crippen LogP contribution in [0.5, 0.6) is 0 Å². The van der Waals surface area contributed by atoms with Crippen molar-refractivity contribution in [3.05, 3.63) is 0 Å². The molecule has 5 heteroatoms. The summed E-state index contributed by atoms with van der Waals surface area (Å²) in [5.41, 5.74) is 0. The van der Waals surface area contributed by atoms with Crippen LogP contribution in [0, 0.1) is 5.92 Å². The molecule has 4 N–H and O–H groups in total. The van der Waals surface area contributed by atoms with Crippen molar-refractivity contribution in [1.82, 2.24) is 10.6 Å². The van der Waals surface area contributed by atoms with E-state index < -0.39 is 0 Å². The number of nitrogens with one attached hydrogen (secondary N) is 2. The van der Waals surface area contributed by atoms with Gasteiger partial charge in [0.05, 0.1) is 0 Å². The van der Waals surface area contributed by atoms with Crippen LogP contribution in [0.2, 0.25) is 0 Å². The molecule has 5 nitrogen and oxygen atoms in total. The molecule has 1 rings (SSSR count). The molecule has 0 aliphatic heterocycles. The van der Waals surface area contributed by atoms with Crippen LogP contribution < -0.4 is 16.0 Å². The Hall–Kier alpha value is -1.10. The van der Waals surface area contributed by atoms with Crippen LogP contribution in [0.25, 0.3) is 0 Å². The molecule has 2 amide bonds. The van der Waals surface area contributed by atoms with Gasteiger partial charge in [-0.15, -0.1) is 0 Å². The zero-order valence-electron chi connectivity index (χ0n) is 10.8. The summed E-state index contributed by atoms with van der Waals surface area (Å²) in [6.07, 6.45) is 4.77. The fraction of sp³-hybridized carbons (Fsp3) is 0.833. The van der Waals surface area contributed by atoms with Gasteiger partial charge < -0.3 is 16.0 Å². The van der Waals surface area contributed by atoms with E-state index in [-0.39, 0.29) is 11.8 Å². The van der Waals surface area contributed by atoms with E-state index in [4.69, 9.17) is 0 Å². The maximum Gasteiger partial charge on any atom is 0.275 e. The largest absolute Gasteiger partial charge is 0.354 e. The average Bonchev–Trinajstić information content (AvgIpc) is 2.32. The zero-order chi connectivity index (χ0) is 12.7. The first-order valence-corrected chi connectivity index (χ1v) is 6.45. The molecule has 0 saturated heterocycles. The van der Waals surface area contributed by atoms with Gasteiger partial charge in [-0.05, 0) is 18.8 Å². The molecular formula is C12H24N3O2+. The molecule has 0 bridgehead atoms. The highest BCUT2D eigenvalue weighted by Crippen LogP contribution is 2.23. The molecule has 2 atom stereocenters. The monoisotopic (exact) mass is 242 g/mol. The van der Waals surface area contributed by atoms with Crippen molar-refractivity contribution in [2.24, 2.45) is 5.92 Å². The minimum atomic E-state index is -0.0520. The van der Waals surface area contributed by atoms with Crippen molar-refractivity contribution in [3.8, 4) is 0 Å². The second-order valence-corrected chi connectivity index (χ2v) is 4.81. The third-order valence-electron chi connectivity index (χ3n) is 3.40. The Morgan fingerprint density at radius 1 is 1.18 bits per heavy atom. The number of rotatable bonds is 5. The molecule has 1 fully saturated rings. The highest BCUT2D eigenvalue weighted by Gasteiger charge is 2.23. The van der Waals surface area contributed by atoms with E-state index in [0.717, 1.165) is 6.42 Å². The standard InChI is InChI=1S/C12H23N3O2/c1-9-5-3-4-6-10(9)15-12(17)8-14-7-11(16)13-2/h9-10,14H,3-8H2,1-2H3,(H,13,16)(H,15,17)/p+1/t9-,10+/m0/s1. The number of amides is 2. The second-order valence-electron chi connectivity index (χ2n) is 4.81. The Morgan fingerprint density at radius 2 is 1.82 bits per heavy atom. The minimum absolute atomic E-state index is 0.0349. The van der Waals surface area contributed by atoms with E-state index >= 15 is 0 Å². The summed E-state index contributed by atoms with van der Waals surface area (Å²) in [6, 6.07) is 0.324. The summed E-state index contributed by atoms with van der Waals surface area (Å²) in [6.45, 7) is 2.83. The van der Waals surface area contributed by atoms with Crippen molar-refractivity contribution < 1.29 is 14.9 Å². The minimum Gasteiger partial charge on any atom is -0.354 e. The van der Waals surface area contributed by atoms with Gasteiger partial charge in [0.1, 0.15) is 0 Å². The van der Waals surface area contributed by atoms with Gasteiger partial charge in [-0.2, -0.15) is 0 Å². The fourth-order valence-corrected chi connectivity index (χ4v) is 2.23.